The van der Waals surface area contributed by atoms with Gasteiger partial charge in [-0.3, -0.25) is 14.5 Å². The second-order valence-corrected chi connectivity index (χ2v) is 6.30. The monoisotopic (exact) mass is 326 g/mol. The van der Waals surface area contributed by atoms with Crippen LogP contribution in [0.1, 0.15) is 39.5 Å². The van der Waals surface area contributed by atoms with Crippen LogP contribution in [0.4, 0.5) is 0 Å². The number of ether oxygens (including phenoxy) is 2. The Hall–Kier alpha value is -1.14. The van der Waals surface area contributed by atoms with Gasteiger partial charge in [0.2, 0.25) is 5.91 Å². The number of hydrogen-bond donors (Lipinski definition) is 0. The minimum atomic E-state index is -0.153. The first-order chi connectivity index (χ1) is 11.2. The van der Waals surface area contributed by atoms with Crippen molar-refractivity contribution in [2.45, 2.75) is 45.6 Å². The third-order valence-electron chi connectivity index (χ3n) is 4.76. The van der Waals surface area contributed by atoms with Crippen LogP contribution in [0.5, 0.6) is 0 Å². The van der Waals surface area contributed by atoms with Crippen molar-refractivity contribution in [3.05, 3.63) is 0 Å². The molecule has 2 fully saturated rings. The molecule has 2 aliphatic heterocycles. The van der Waals surface area contributed by atoms with E-state index in [1.165, 1.54) is 0 Å². The highest BCUT2D eigenvalue weighted by Gasteiger charge is 2.34. The predicted octanol–water partition coefficient (Wildman–Crippen LogP) is 1.29. The van der Waals surface area contributed by atoms with Gasteiger partial charge in [0.25, 0.3) is 0 Å². The number of amides is 1. The van der Waals surface area contributed by atoms with Crippen molar-refractivity contribution in [2.75, 3.05) is 46.0 Å². The summed E-state index contributed by atoms with van der Waals surface area (Å²) in [7, 11) is 0. The van der Waals surface area contributed by atoms with Crippen molar-refractivity contribution < 1.29 is 19.1 Å². The summed E-state index contributed by atoms with van der Waals surface area (Å²) in [6.07, 6.45) is 3.43. The number of piperidine rings is 1. The number of carbonyl (C=O) groups is 2. The van der Waals surface area contributed by atoms with Crippen molar-refractivity contribution in [3.63, 3.8) is 0 Å². The van der Waals surface area contributed by atoms with E-state index in [4.69, 9.17) is 9.47 Å². The van der Waals surface area contributed by atoms with Gasteiger partial charge in [0, 0.05) is 19.0 Å². The molecule has 0 unspecified atom stereocenters. The van der Waals surface area contributed by atoms with E-state index in [9.17, 15) is 9.59 Å². The van der Waals surface area contributed by atoms with Crippen molar-refractivity contribution in [3.8, 4) is 0 Å². The third kappa shape index (κ3) is 4.91. The van der Waals surface area contributed by atoms with Gasteiger partial charge in [0.1, 0.15) is 6.04 Å². The molecule has 1 atom stereocenters. The van der Waals surface area contributed by atoms with Gasteiger partial charge in [-0.1, -0.05) is 13.3 Å². The molecular formula is C17H30N2O4. The van der Waals surface area contributed by atoms with Crippen LogP contribution in [0.2, 0.25) is 0 Å². The van der Waals surface area contributed by atoms with Gasteiger partial charge in [0.05, 0.1) is 19.8 Å². The van der Waals surface area contributed by atoms with E-state index in [2.05, 4.69) is 11.8 Å². The maximum atomic E-state index is 12.6. The second-order valence-electron chi connectivity index (χ2n) is 6.30. The largest absolute Gasteiger partial charge is 0.465 e. The van der Waals surface area contributed by atoms with E-state index in [0.29, 0.717) is 32.9 Å². The van der Waals surface area contributed by atoms with Crippen LogP contribution in [-0.2, 0) is 19.1 Å². The second kappa shape index (κ2) is 9.23. The molecule has 0 radical (unpaired) electrons. The molecule has 2 saturated heterocycles. The molecular weight excluding hydrogens is 296 g/mol. The van der Waals surface area contributed by atoms with E-state index in [0.717, 1.165) is 38.8 Å². The number of nitrogens with zero attached hydrogens (tertiary/aromatic N) is 2. The minimum absolute atomic E-state index is 0.0915. The van der Waals surface area contributed by atoms with Crippen LogP contribution in [0.3, 0.4) is 0 Å². The lowest BCUT2D eigenvalue weighted by Crippen LogP contribution is -2.50. The lowest BCUT2D eigenvalue weighted by atomic mass is 9.93. The molecule has 0 aromatic rings. The molecule has 0 bridgehead atoms. The van der Waals surface area contributed by atoms with Crippen molar-refractivity contribution in [1.82, 2.24) is 9.80 Å². The Kier molecular flexibility index (Phi) is 7.30. The van der Waals surface area contributed by atoms with Crippen LogP contribution in [0, 0.1) is 5.92 Å². The van der Waals surface area contributed by atoms with Gasteiger partial charge in [-0.05, 0) is 39.3 Å². The van der Waals surface area contributed by atoms with E-state index in [1.807, 2.05) is 11.8 Å². The Morgan fingerprint density at radius 2 is 1.78 bits per heavy atom. The average molecular weight is 326 g/mol. The van der Waals surface area contributed by atoms with Crippen molar-refractivity contribution in [2.24, 2.45) is 5.92 Å². The molecule has 2 rings (SSSR count). The van der Waals surface area contributed by atoms with Crippen molar-refractivity contribution >= 4 is 11.9 Å². The summed E-state index contributed by atoms with van der Waals surface area (Å²) in [6.45, 7) is 8.65. The Morgan fingerprint density at radius 1 is 1.13 bits per heavy atom. The molecule has 6 nitrogen and oxygen atoms in total. The summed E-state index contributed by atoms with van der Waals surface area (Å²) >= 11 is 0. The summed E-state index contributed by atoms with van der Waals surface area (Å²) in [5.41, 5.74) is 0. The molecule has 2 aliphatic rings. The molecule has 0 saturated carbocycles. The number of carbonyl (C=O) groups excluding carboxylic acids is 2. The van der Waals surface area contributed by atoms with E-state index in [-0.39, 0.29) is 23.8 Å². The van der Waals surface area contributed by atoms with Gasteiger partial charge in [-0.25, -0.2) is 0 Å². The molecule has 23 heavy (non-hydrogen) atoms. The van der Waals surface area contributed by atoms with Crippen LogP contribution in [0.25, 0.3) is 0 Å². The quantitative estimate of drug-likeness (QED) is 0.689. The summed E-state index contributed by atoms with van der Waals surface area (Å²) in [4.78, 5) is 28.8. The number of likely N-dealkylation sites (tertiary alicyclic amines) is 1. The Morgan fingerprint density at radius 3 is 2.35 bits per heavy atom. The van der Waals surface area contributed by atoms with Gasteiger partial charge in [0.15, 0.2) is 0 Å². The summed E-state index contributed by atoms with van der Waals surface area (Å²) in [6, 6.07) is -0.153. The SMILES string of the molecule is CCC[C@@H](C(=O)OCC)N1CCC(C(=O)N2CCOCC2)CC1. The zero-order chi connectivity index (χ0) is 16.7. The van der Waals surface area contributed by atoms with Crippen LogP contribution in [0.15, 0.2) is 0 Å². The molecule has 0 spiro atoms. The highest BCUT2D eigenvalue weighted by Crippen LogP contribution is 2.23. The average Bonchev–Trinajstić information content (AvgIpc) is 2.60. The molecule has 6 heteroatoms. The van der Waals surface area contributed by atoms with Gasteiger partial charge < -0.3 is 14.4 Å². The topological polar surface area (TPSA) is 59.1 Å². The standard InChI is InChI=1S/C17H30N2O4/c1-3-5-15(17(21)23-4-2)18-8-6-14(7-9-18)16(20)19-10-12-22-13-11-19/h14-15H,3-13H2,1-2H3/t15-/m0/s1. The first-order valence-corrected chi connectivity index (χ1v) is 8.94. The fourth-order valence-corrected chi connectivity index (χ4v) is 3.46. The van der Waals surface area contributed by atoms with E-state index >= 15 is 0 Å². The van der Waals surface area contributed by atoms with Gasteiger partial charge >= 0.3 is 5.97 Å². The first-order valence-electron chi connectivity index (χ1n) is 8.94. The molecule has 1 amide bonds. The van der Waals surface area contributed by atoms with Gasteiger partial charge in [-0.15, -0.1) is 0 Å². The number of esters is 1. The highest BCUT2D eigenvalue weighted by molar-refractivity contribution is 5.79. The Bertz CT molecular complexity index is 388. The third-order valence-corrected chi connectivity index (χ3v) is 4.76. The maximum Gasteiger partial charge on any atom is 0.323 e. The fourth-order valence-electron chi connectivity index (χ4n) is 3.46. The Balaban J connectivity index is 1.85. The summed E-state index contributed by atoms with van der Waals surface area (Å²) in [5.74, 6) is 0.234. The van der Waals surface area contributed by atoms with E-state index in [1.54, 1.807) is 0 Å². The van der Waals surface area contributed by atoms with Crippen LogP contribution >= 0.6 is 0 Å². The van der Waals surface area contributed by atoms with E-state index < -0.39 is 0 Å². The zero-order valence-electron chi connectivity index (χ0n) is 14.5. The lowest BCUT2D eigenvalue weighted by molar-refractivity contribution is -0.151. The normalized spacial score (nSPS) is 21.9. The number of morpholine rings is 1. The molecule has 0 aromatic carbocycles. The summed E-state index contributed by atoms with van der Waals surface area (Å²) < 4.78 is 10.5. The zero-order valence-corrected chi connectivity index (χ0v) is 14.5. The molecule has 2 heterocycles. The molecule has 0 aromatic heterocycles. The molecule has 0 N–H and O–H groups in total. The smallest absolute Gasteiger partial charge is 0.323 e. The minimum Gasteiger partial charge on any atom is -0.465 e. The highest BCUT2D eigenvalue weighted by atomic mass is 16.5. The van der Waals surface area contributed by atoms with Crippen LogP contribution < -0.4 is 0 Å². The van der Waals surface area contributed by atoms with Gasteiger partial charge in [-0.2, -0.15) is 0 Å². The lowest BCUT2D eigenvalue weighted by Gasteiger charge is -2.38. The molecule has 0 aliphatic carbocycles. The van der Waals surface area contributed by atoms with Crippen molar-refractivity contribution in [1.29, 1.82) is 0 Å². The molecule has 132 valence electrons. The summed E-state index contributed by atoms with van der Waals surface area (Å²) in [5, 5.41) is 0. The number of hydrogen-bond acceptors (Lipinski definition) is 5. The maximum absolute atomic E-state index is 12.6. The van der Waals surface area contributed by atoms with Crippen LogP contribution in [-0.4, -0.2) is 73.7 Å². The Labute approximate surface area is 139 Å². The predicted molar refractivity (Wildman–Crippen MR) is 87.0 cm³/mol. The first kappa shape index (κ1) is 18.2. The fraction of sp³-hybridized carbons (Fsp3) is 0.882. The number of rotatable bonds is 6.